The molecule has 46 heavy (non-hydrogen) atoms. The van der Waals surface area contributed by atoms with Crippen LogP contribution in [0.5, 0.6) is 0 Å². The van der Waals surface area contributed by atoms with Gasteiger partial charge in [0.15, 0.2) is 0 Å². The number of nitrogens with two attached hydrogens (primary N) is 2. The number of rotatable bonds is 38. The van der Waals surface area contributed by atoms with Gasteiger partial charge in [-0.25, -0.2) is 4.79 Å². The lowest BCUT2D eigenvalue weighted by molar-refractivity contribution is 0.0424. The second-order valence-corrected chi connectivity index (χ2v) is 13.8. The van der Waals surface area contributed by atoms with Crippen molar-refractivity contribution in [2.24, 2.45) is 17.4 Å². The predicted octanol–water partition coefficient (Wildman–Crippen LogP) is 9.75. The van der Waals surface area contributed by atoms with Crippen LogP contribution in [0.3, 0.4) is 0 Å². The van der Waals surface area contributed by atoms with E-state index in [0.717, 1.165) is 71.3 Å². The van der Waals surface area contributed by atoms with Crippen molar-refractivity contribution in [3.63, 3.8) is 0 Å². The lowest BCUT2D eigenvalue weighted by atomic mass is 10.0. The second-order valence-electron chi connectivity index (χ2n) is 13.8. The average molecular weight is 655 g/mol. The Hall–Kier alpha value is -0.890. The van der Waals surface area contributed by atoms with E-state index in [2.05, 4.69) is 19.2 Å². The van der Waals surface area contributed by atoms with Crippen LogP contribution < -0.4 is 16.8 Å². The Morgan fingerprint density at radius 1 is 0.565 bits per heavy atom. The Morgan fingerprint density at radius 3 is 1.59 bits per heavy atom. The van der Waals surface area contributed by atoms with Gasteiger partial charge in [-0.05, 0) is 64.7 Å². The summed E-state index contributed by atoms with van der Waals surface area (Å²) in [4.78, 5) is 14.9. The molecule has 1 atom stereocenters. The van der Waals surface area contributed by atoms with E-state index in [0.29, 0.717) is 26.3 Å². The zero-order valence-corrected chi connectivity index (χ0v) is 31.2. The van der Waals surface area contributed by atoms with Crippen LogP contribution in [0.2, 0.25) is 0 Å². The van der Waals surface area contributed by atoms with Crippen molar-refractivity contribution in [2.45, 2.75) is 181 Å². The first-order chi connectivity index (χ1) is 22.7. The van der Waals surface area contributed by atoms with Gasteiger partial charge in [-0.1, -0.05) is 142 Å². The van der Waals surface area contributed by atoms with Crippen LogP contribution in [0, 0.1) is 5.92 Å². The molecule has 0 aliphatic carbocycles. The van der Waals surface area contributed by atoms with E-state index >= 15 is 0 Å². The first-order valence-corrected chi connectivity index (χ1v) is 20.3. The van der Waals surface area contributed by atoms with Gasteiger partial charge in [0.1, 0.15) is 0 Å². The number of unbranched alkanes of at least 4 members (excludes halogenated alkanes) is 20. The molecule has 0 rings (SSSR count). The fraction of sp³-hybridized carbons (Fsp3) is 0.974. The molecule has 0 aromatic carbocycles. The second kappa shape index (κ2) is 38.6. The fourth-order valence-corrected chi connectivity index (χ4v) is 6.02. The van der Waals surface area contributed by atoms with Gasteiger partial charge in [-0.2, -0.15) is 0 Å². The molecule has 0 aliphatic rings. The highest BCUT2D eigenvalue weighted by molar-refractivity contribution is 5.67. The van der Waals surface area contributed by atoms with Crippen LogP contribution in [0.1, 0.15) is 181 Å². The van der Waals surface area contributed by atoms with Crippen molar-refractivity contribution in [1.82, 2.24) is 10.2 Å². The standard InChI is InChI=1S/C39H82N4O3/c1-3-5-7-9-11-13-15-16-18-20-22-28-38(36-45-35-25-21-19-17-14-12-10-8-6-4-2)37-46-39(44)43(34-27-30-41)33-24-23-31-42-32-26-29-40/h38,42H,3-37,40-41H2,1-2H3. The topological polar surface area (TPSA) is 103 Å². The van der Waals surface area contributed by atoms with Crippen LogP contribution in [-0.4, -0.2) is 70.1 Å². The molecular formula is C39H82N4O3. The van der Waals surface area contributed by atoms with Gasteiger partial charge >= 0.3 is 6.09 Å². The number of carbonyl (C=O) groups excluding carboxylic acids is 1. The quantitative estimate of drug-likeness (QED) is 0.0573. The molecule has 0 bridgehead atoms. The molecule has 0 radical (unpaired) electrons. The zero-order valence-electron chi connectivity index (χ0n) is 31.2. The third-order valence-corrected chi connectivity index (χ3v) is 9.13. The molecule has 0 aromatic rings. The fourth-order valence-electron chi connectivity index (χ4n) is 6.02. The summed E-state index contributed by atoms with van der Waals surface area (Å²) in [7, 11) is 0. The molecular weight excluding hydrogens is 572 g/mol. The Morgan fingerprint density at radius 2 is 1.04 bits per heavy atom. The van der Waals surface area contributed by atoms with Gasteiger partial charge in [-0.15, -0.1) is 0 Å². The van der Waals surface area contributed by atoms with E-state index < -0.39 is 0 Å². The number of nitrogens with one attached hydrogen (secondary N) is 1. The highest BCUT2D eigenvalue weighted by atomic mass is 16.6. The van der Waals surface area contributed by atoms with Gasteiger partial charge in [0.2, 0.25) is 0 Å². The average Bonchev–Trinajstić information content (AvgIpc) is 3.06. The Bertz CT molecular complexity index is 596. The van der Waals surface area contributed by atoms with Crippen molar-refractivity contribution in [3.05, 3.63) is 0 Å². The van der Waals surface area contributed by atoms with Crippen LogP contribution >= 0.6 is 0 Å². The normalized spacial score (nSPS) is 12.1. The molecule has 7 nitrogen and oxygen atoms in total. The lowest BCUT2D eigenvalue weighted by Crippen LogP contribution is -2.36. The van der Waals surface area contributed by atoms with E-state index in [-0.39, 0.29) is 12.0 Å². The Balaban J connectivity index is 4.46. The Kier molecular flexibility index (Phi) is 37.8. The maximum atomic E-state index is 13.1. The van der Waals surface area contributed by atoms with E-state index in [4.69, 9.17) is 20.9 Å². The van der Waals surface area contributed by atoms with Gasteiger partial charge in [0.05, 0.1) is 13.2 Å². The van der Waals surface area contributed by atoms with Crippen molar-refractivity contribution in [3.8, 4) is 0 Å². The molecule has 0 aromatic heterocycles. The minimum atomic E-state index is -0.192. The summed E-state index contributed by atoms with van der Waals surface area (Å²) in [5, 5.41) is 3.42. The largest absolute Gasteiger partial charge is 0.449 e. The van der Waals surface area contributed by atoms with Crippen LogP contribution in [-0.2, 0) is 9.47 Å². The monoisotopic (exact) mass is 655 g/mol. The number of hydrogen-bond donors (Lipinski definition) is 3. The summed E-state index contributed by atoms with van der Waals surface area (Å²) in [6, 6.07) is 0. The van der Waals surface area contributed by atoms with E-state index in [9.17, 15) is 4.79 Å². The van der Waals surface area contributed by atoms with Gasteiger partial charge in [0, 0.05) is 25.6 Å². The third-order valence-electron chi connectivity index (χ3n) is 9.13. The van der Waals surface area contributed by atoms with Crippen LogP contribution in [0.25, 0.3) is 0 Å². The summed E-state index contributed by atoms with van der Waals surface area (Å²) in [5.41, 5.74) is 11.3. The number of nitrogens with zero attached hydrogens (tertiary/aromatic N) is 1. The molecule has 5 N–H and O–H groups in total. The Labute approximate surface area is 287 Å². The van der Waals surface area contributed by atoms with E-state index in [1.807, 2.05) is 4.90 Å². The van der Waals surface area contributed by atoms with E-state index in [1.54, 1.807) is 0 Å². The molecule has 276 valence electrons. The molecule has 7 heteroatoms. The highest BCUT2D eigenvalue weighted by Crippen LogP contribution is 2.17. The van der Waals surface area contributed by atoms with E-state index in [1.165, 1.54) is 128 Å². The van der Waals surface area contributed by atoms with Crippen LogP contribution in [0.15, 0.2) is 0 Å². The lowest BCUT2D eigenvalue weighted by Gasteiger charge is -2.24. The highest BCUT2D eigenvalue weighted by Gasteiger charge is 2.18. The van der Waals surface area contributed by atoms with Crippen molar-refractivity contribution in [1.29, 1.82) is 0 Å². The molecule has 0 saturated carbocycles. The summed E-state index contributed by atoms with van der Waals surface area (Å²) >= 11 is 0. The maximum Gasteiger partial charge on any atom is 0.409 e. The number of hydrogen-bond acceptors (Lipinski definition) is 6. The molecule has 0 saturated heterocycles. The van der Waals surface area contributed by atoms with Gasteiger partial charge < -0.3 is 31.2 Å². The number of carbonyl (C=O) groups is 1. The number of amides is 1. The van der Waals surface area contributed by atoms with Gasteiger partial charge in [0.25, 0.3) is 0 Å². The summed E-state index contributed by atoms with van der Waals surface area (Å²) in [6.45, 7) is 11.1. The molecule has 1 amide bonds. The third kappa shape index (κ3) is 33.0. The predicted molar refractivity (Wildman–Crippen MR) is 200 cm³/mol. The first kappa shape index (κ1) is 45.1. The van der Waals surface area contributed by atoms with Crippen molar-refractivity contribution in [2.75, 3.05) is 59.1 Å². The molecule has 0 heterocycles. The van der Waals surface area contributed by atoms with Crippen molar-refractivity contribution < 1.29 is 14.3 Å². The molecule has 1 unspecified atom stereocenters. The summed E-state index contributed by atoms with van der Waals surface area (Å²) in [5.74, 6) is 0.272. The first-order valence-electron chi connectivity index (χ1n) is 20.3. The molecule has 0 aliphatic heterocycles. The van der Waals surface area contributed by atoms with Crippen molar-refractivity contribution >= 4 is 6.09 Å². The van der Waals surface area contributed by atoms with Gasteiger partial charge in [-0.3, -0.25) is 0 Å². The maximum absolute atomic E-state index is 13.1. The minimum Gasteiger partial charge on any atom is -0.449 e. The smallest absolute Gasteiger partial charge is 0.409 e. The summed E-state index contributed by atoms with van der Waals surface area (Å²) in [6.07, 6.45) is 32.8. The minimum absolute atomic E-state index is 0.192. The SMILES string of the molecule is CCCCCCCCCCCCCC(COCCCCCCCCCCCC)COC(=O)N(CCCN)CCCCNCCCN. The molecule has 0 fully saturated rings. The number of ether oxygens (including phenoxy) is 2. The summed E-state index contributed by atoms with van der Waals surface area (Å²) < 4.78 is 12.1. The van der Waals surface area contributed by atoms with Crippen LogP contribution in [0.4, 0.5) is 4.79 Å². The zero-order chi connectivity index (χ0) is 33.6. The molecule has 0 spiro atoms.